The van der Waals surface area contributed by atoms with Gasteiger partial charge in [-0.2, -0.15) is 0 Å². The summed E-state index contributed by atoms with van der Waals surface area (Å²) in [6, 6.07) is 4.40. The van der Waals surface area contributed by atoms with E-state index in [9.17, 15) is 14.9 Å². The van der Waals surface area contributed by atoms with Crippen LogP contribution >= 0.6 is 11.3 Å². The molecule has 2 rings (SSSR count). The highest BCUT2D eigenvalue weighted by Gasteiger charge is 2.16. The Balaban J connectivity index is 2.35. The Labute approximate surface area is 118 Å². The minimum Gasteiger partial charge on any atom is -0.477 e. The normalized spacial score (nSPS) is 10.3. The number of nitro groups is 1. The molecule has 0 aliphatic heterocycles. The number of carbonyl (C=O) groups is 1. The molecule has 104 valence electrons. The summed E-state index contributed by atoms with van der Waals surface area (Å²) in [5.41, 5.74) is 1.27. The number of carboxylic acid groups (broad SMARTS) is 1. The first-order chi connectivity index (χ1) is 9.38. The largest absolute Gasteiger partial charge is 0.477 e. The Morgan fingerprint density at radius 2 is 2.00 bits per heavy atom. The summed E-state index contributed by atoms with van der Waals surface area (Å²) in [6.45, 7) is 3.43. The number of benzene rings is 1. The zero-order chi connectivity index (χ0) is 14.9. The molecule has 0 unspecified atom stereocenters. The van der Waals surface area contributed by atoms with Gasteiger partial charge in [0.25, 0.3) is 5.69 Å². The van der Waals surface area contributed by atoms with Crippen LogP contribution < -0.4 is 4.74 Å². The van der Waals surface area contributed by atoms with Gasteiger partial charge >= 0.3 is 5.97 Å². The third-order valence-corrected chi connectivity index (χ3v) is 3.60. The zero-order valence-corrected chi connectivity index (χ0v) is 11.6. The molecule has 0 aliphatic carbocycles. The molecule has 0 spiro atoms. The molecule has 0 saturated carbocycles. The van der Waals surface area contributed by atoms with Crippen molar-refractivity contribution in [3.8, 4) is 11.5 Å². The van der Waals surface area contributed by atoms with Gasteiger partial charge in [-0.25, -0.2) is 4.79 Å². The van der Waals surface area contributed by atoms with Crippen LogP contribution in [0.4, 0.5) is 5.69 Å². The van der Waals surface area contributed by atoms with Crippen molar-refractivity contribution in [3.05, 3.63) is 49.7 Å². The van der Waals surface area contributed by atoms with E-state index in [1.54, 1.807) is 25.3 Å². The Kier molecular flexibility index (Phi) is 3.71. The van der Waals surface area contributed by atoms with Gasteiger partial charge in [0.15, 0.2) is 0 Å². The topological polar surface area (TPSA) is 89.7 Å². The minimum absolute atomic E-state index is 0.0284. The van der Waals surface area contributed by atoms with E-state index >= 15 is 0 Å². The standard InChI is InChI=1S/C13H11NO5S/c1-7-3-8(2)11(5-10(7)14(17)18)19-9-4-12(13(15)16)20-6-9/h3-6H,1-2H3,(H,15,16). The number of nitro benzene ring substituents is 1. The third kappa shape index (κ3) is 2.77. The maximum Gasteiger partial charge on any atom is 0.346 e. The van der Waals surface area contributed by atoms with Crippen molar-refractivity contribution in [1.29, 1.82) is 0 Å². The van der Waals surface area contributed by atoms with Gasteiger partial charge in [0.2, 0.25) is 0 Å². The van der Waals surface area contributed by atoms with Gasteiger partial charge in [0.05, 0.1) is 11.0 Å². The molecular weight excluding hydrogens is 282 g/mol. The lowest BCUT2D eigenvalue weighted by Gasteiger charge is -2.08. The monoisotopic (exact) mass is 293 g/mol. The molecule has 0 radical (unpaired) electrons. The molecule has 0 saturated heterocycles. The lowest BCUT2D eigenvalue weighted by molar-refractivity contribution is -0.385. The molecule has 7 heteroatoms. The van der Waals surface area contributed by atoms with E-state index < -0.39 is 10.9 Å². The summed E-state index contributed by atoms with van der Waals surface area (Å²) in [4.78, 5) is 21.4. The van der Waals surface area contributed by atoms with Crippen LogP contribution in [0.1, 0.15) is 20.8 Å². The Bertz CT molecular complexity index is 692. The smallest absolute Gasteiger partial charge is 0.346 e. The lowest BCUT2D eigenvalue weighted by atomic mass is 10.1. The molecule has 0 amide bonds. The summed E-state index contributed by atoms with van der Waals surface area (Å²) < 4.78 is 5.53. The zero-order valence-electron chi connectivity index (χ0n) is 10.7. The van der Waals surface area contributed by atoms with E-state index in [0.717, 1.165) is 16.9 Å². The van der Waals surface area contributed by atoms with E-state index in [4.69, 9.17) is 9.84 Å². The quantitative estimate of drug-likeness (QED) is 0.684. The predicted molar refractivity (Wildman–Crippen MR) is 73.9 cm³/mol. The summed E-state index contributed by atoms with van der Waals surface area (Å²) in [5, 5.41) is 21.3. The number of hydrogen-bond donors (Lipinski definition) is 1. The molecule has 1 aromatic heterocycles. The SMILES string of the molecule is Cc1cc(C)c([N+](=O)[O-])cc1Oc1csc(C(=O)O)c1. The molecule has 1 heterocycles. The van der Waals surface area contributed by atoms with Crippen LogP contribution in [0.15, 0.2) is 23.6 Å². The summed E-state index contributed by atoms with van der Waals surface area (Å²) in [7, 11) is 0. The Morgan fingerprint density at radius 3 is 2.55 bits per heavy atom. The molecular formula is C13H11NO5S. The molecule has 0 aliphatic rings. The molecule has 0 bridgehead atoms. The number of rotatable bonds is 4. The molecule has 0 fully saturated rings. The van der Waals surface area contributed by atoms with E-state index in [2.05, 4.69) is 0 Å². The maximum atomic E-state index is 10.9. The number of carboxylic acids is 1. The fraction of sp³-hybridized carbons (Fsp3) is 0.154. The van der Waals surface area contributed by atoms with Crippen LogP contribution in [0, 0.1) is 24.0 Å². The molecule has 0 atom stereocenters. The predicted octanol–water partition coefficient (Wildman–Crippen LogP) is 3.76. The molecule has 1 N–H and O–H groups in total. The van der Waals surface area contributed by atoms with E-state index in [0.29, 0.717) is 17.1 Å². The molecule has 20 heavy (non-hydrogen) atoms. The maximum absolute atomic E-state index is 10.9. The van der Waals surface area contributed by atoms with Gasteiger partial charge < -0.3 is 9.84 Å². The fourth-order valence-electron chi connectivity index (χ4n) is 1.74. The summed E-state index contributed by atoms with van der Waals surface area (Å²) in [5.74, 6) is -0.331. The number of ether oxygens (including phenoxy) is 1. The Hall–Kier alpha value is -2.41. The molecule has 1 aromatic carbocycles. The molecule has 2 aromatic rings. The van der Waals surface area contributed by atoms with E-state index in [1.807, 2.05) is 0 Å². The first kappa shape index (κ1) is 14.0. The highest BCUT2D eigenvalue weighted by atomic mass is 32.1. The van der Waals surface area contributed by atoms with Gasteiger partial charge in [-0.1, -0.05) is 0 Å². The average Bonchev–Trinajstić information content (AvgIpc) is 2.80. The highest BCUT2D eigenvalue weighted by Crippen LogP contribution is 2.33. The van der Waals surface area contributed by atoms with Crippen molar-refractivity contribution >= 4 is 23.0 Å². The lowest BCUT2D eigenvalue weighted by Crippen LogP contribution is -1.95. The van der Waals surface area contributed by atoms with Crippen LogP contribution in [-0.4, -0.2) is 16.0 Å². The van der Waals surface area contributed by atoms with E-state index in [1.165, 1.54) is 12.1 Å². The fourth-order valence-corrected chi connectivity index (χ4v) is 2.38. The van der Waals surface area contributed by atoms with Crippen molar-refractivity contribution in [3.63, 3.8) is 0 Å². The van der Waals surface area contributed by atoms with Gasteiger partial charge in [-0.3, -0.25) is 10.1 Å². The number of aryl methyl sites for hydroxylation is 2. The third-order valence-electron chi connectivity index (χ3n) is 2.70. The Morgan fingerprint density at radius 1 is 1.30 bits per heavy atom. The van der Waals surface area contributed by atoms with Crippen molar-refractivity contribution in [2.45, 2.75) is 13.8 Å². The first-order valence-electron chi connectivity index (χ1n) is 5.64. The van der Waals surface area contributed by atoms with Crippen molar-refractivity contribution in [2.24, 2.45) is 0 Å². The van der Waals surface area contributed by atoms with E-state index in [-0.39, 0.29) is 10.6 Å². The van der Waals surface area contributed by atoms with Crippen LogP contribution in [0.5, 0.6) is 11.5 Å². The first-order valence-corrected chi connectivity index (χ1v) is 6.51. The number of nitrogens with zero attached hydrogens (tertiary/aromatic N) is 1. The van der Waals surface area contributed by atoms with Crippen molar-refractivity contribution < 1.29 is 19.6 Å². The summed E-state index contributed by atoms with van der Waals surface area (Å²) in [6.07, 6.45) is 0. The number of hydrogen-bond acceptors (Lipinski definition) is 5. The summed E-state index contributed by atoms with van der Waals surface area (Å²) >= 11 is 1.04. The van der Waals surface area contributed by atoms with Crippen LogP contribution in [0.2, 0.25) is 0 Å². The second kappa shape index (κ2) is 5.30. The van der Waals surface area contributed by atoms with Crippen LogP contribution in [0.25, 0.3) is 0 Å². The van der Waals surface area contributed by atoms with Crippen molar-refractivity contribution in [2.75, 3.05) is 0 Å². The number of aromatic carboxylic acids is 1. The van der Waals surface area contributed by atoms with Crippen LogP contribution in [0.3, 0.4) is 0 Å². The second-order valence-electron chi connectivity index (χ2n) is 4.22. The van der Waals surface area contributed by atoms with Gasteiger partial charge in [0.1, 0.15) is 16.4 Å². The number of thiophene rings is 1. The molecule has 6 nitrogen and oxygen atoms in total. The average molecular weight is 293 g/mol. The second-order valence-corrected chi connectivity index (χ2v) is 5.13. The van der Waals surface area contributed by atoms with Gasteiger partial charge in [0, 0.05) is 17.0 Å². The minimum atomic E-state index is -1.03. The van der Waals surface area contributed by atoms with Gasteiger partial charge in [-0.05, 0) is 25.5 Å². The van der Waals surface area contributed by atoms with Crippen LogP contribution in [-0.2, 0) is 0 Å². The van der Waals surface area contributed by atoms with Gasteiger partial charge in [-0.15, -0.1) is 11.3 Å². The van der Waals surface area contributed by atoms with Crippen molar-refractivity contribution in [1.82, 2.24) is 0 Å². The highest BCUT2D eigenvalue weighted by molar-refractivity contribution is 7.12.